The highest BCUT2D eigenvalue weighted by atomic mass is 16.4. The summed E-state index contributed by atoms with van der Waals surface area (Å²) in [5.74, 6) is -3.95. The van der Waals surface area contributed by atoms with E-state index in [4.69, 9.17) is 0 Å². The topological polar surface area (TPSA) is 178 Å². The number of amides is 3. The first-order valence-corrected chi connectivity index (χ1v) is 14.5. The SMILES string of the molecule is Cc1[nH]c(/C=C2\C(=O)Nc3ccc(C(=O)N[C@H](Cc4ccccc4)C(=O)O)cc32)c(C)c1C(=O)N[C@H](Cc1ccccc1)C(=O)O. The maximum Gasteiger partial charge on any atom is 0.326 e. The zero-order valence-electron chi connectivity index (χ0n) is 25.1. The van der Waals surface area contributed by atoms with Crippen LogP contribution < -0.4 is 16.0 Å². The molecule has 234 valence electrons. The van der Waals surface area contributed by atoms with Crippen LogP contribution in [-0.4, -0.2) is 56.9 Å². The van der Waals surface area contributed by atoms with Gasteiger partial charge in [-0.05, 0) is 54.8 Å². The molecule has 1 aliphatic rings. The Morgan fingerprint density at radius 3 is 1.87 bits per heavy atom. The van der Waals surface area contributed by atoms with E-state index in [1.165, 1.54) is 12.1 Å². The highest BCUT2D eigenvalue weighted by molar-refractivity contribution is 6.35. The van der Waals surface area contributed by atoms with Crippen LogP contribution in [-0.2, 0) is 27.2 Å². The molecule has 0 bridgehead atoms. The van der Waals surface area contributed by atoms with Crippen LogP contribution in [0.25, 0.3) is 11.6 Å². The van der Waals surface area contributed by atoms with Gasteiger partial charge in [0.15, 0.2) is 0 Å². The lowest BCUT2D eigenvalue weighted by Gasteiger charge is -2.15. The number of aliphatic carboxylic acids is 2. The number of carboxylic acids is 2. The Balaban J connectivity index is 1.38. The van der Waals surface area contributed by atoms with Gasteiger partial charge in [0.1, 0.15) is 12.1 Å². The first kappa shape index (κ1) is 31.5. The number of anilines is 1. The maximum absolute atomic E-state index is 13.3. The van der Waals surface area contributed by atoms with Gasteiger partial charge < -0.3 is 31.1 Å². The summed E-state index contributed by atoms with van der Waals surface area (Å²) in [5.41, 5.74) is 4.51. The Kier molecular flexibility index (Phi) is 9.13. The molecule has 0 unspecified atom stereocenters. The van der Waals surface area contributed by atoms with Crippen molar-refractivity contribution in [2.75, 3.05) is 5.32 Å². The molecular formula is C35H32N4O7. The lowest BCUT2D eigenvalue weighted by molar-refractivity contribution is -0.140. The van der Waals surface area contributed by atoms with Gasteiger partial charge in [0.2, 0.25) is 0 Å². The third kappa shape index (κ3) is 6.88. The number of fused-ring (bicyclic) bond motifs is 1. The smallest absolute Gasteiger partial charge is 0.326 e. The van der Waals surface area contributed by atoms with E-state index >= 15 is 0 Å². The van der Waals surface area contributed by atoms with Gasteiger partial charge in [-0.25, -0.2) is 9.59 Å². The number of hydrogen-bond acceptors (Lipinski definition) is 5. The fraction of sp³-hybridized carbons (Fsp3) is 0.171. The minimum atomic E-state index is -1.18. The second-order valence-electron chi connectivity index (χ2n) is 11.0. The average molecular weight is 621 g/mol. The molecule has 5 rings (SSSR count). The van der Waals surface area contributed by atoms with Crippen molar-refractivity contribution in [3.8, 4) is 0 Å². The Morgan fingerprint density at radius 2 is 1.33 bits per heavy atom. The Labute approximate surface area is 264 Å². The molecule has 0 aliphatic carbocycles. The van der Waals surface area contributed by atoms with Crippen molar-refractivity contribution in [2.45, 2.75) is 38.8 Å². The fourth-order valence-electron chi connectivity index (χ4n) is 5.45. The molecule has 11 heteroatoms. The summed E-state index contributed by atoms with van der Waals surface area (Å²) in [6.07, 6.45) is 1.77. The van der Waals surface area contributed by atoms with E-state index in [9.17, 15) is 34.2 Å². The summed E-state index contributed by atoms with van der Waals surface area (Å²) in [6, 6.07) is 20.2. The van der Waals surface area contributed by atoms with Gasteiger partial charge in [-0.1, -0.05) is 60.7 Å². The van der Waals surface area contributed by atoms with Crippen LogP contribution in [0, 0.1) is 13.8 Å². The van der Waals surface area contributed by atoms with Crippen molar-refractivity contribution < 1.29 is 34.2 Å². The quantitative estimate of drug-likeness (QED) is 0.137. The molecule has 11 nitrogen and oxygen atoms in total. The van der Waals surface area contributed by atoms with Crippen LogP contribution in [0.3, 0.4) is 0 Å². The first-order chi connectivity index (χ1) is 22.0. The predicted octanol–water partition coefficient (Wildman–Crippen LogP) is 3.98. The van der Waals surface area contributed by atoms with E-state index in [2.05, 4.69) is 20.9 Å². The van der Waals surface area contributed by atoms with Crippen molar-refractivity contribution in [3.05, 3.63) is 124 Å². The van der Waals surface area contributed by atoms with Crippen LogP contribution in [0.5, 0.6) is 0 Å². The Bertz CT molecular complexity index is 1860. The molecule has 0 fully saturated rings. The van der Waals surface area contributed by atoms with Crippen molar-refractivity contribution in [2.24, 2.45) is 0 Å². The van der Waals surface area contributed by atoms with Crippen LogP contribution in [0.1, 0.15) is 54.4 Å². The van der Waals surface area contributed by atoms with Gasteiger partial charge in [-0.3, -0.25) is 14.4 Å². The fourth-order valence-corrected chi connectivity index (χ4v) is 5.45. The molecule has 46 heavy (non-hydrogen) atoms. The van der Waals surface area contributed by atoms with Gasteiger partial charge in [-0.2, -0.15) is 0 Å². The number of carbonyl (C=O) groups excluding carboxylic acids is 3. The van der Waals surface area contributed by atoms with Crippen LogP contribution in [0.2, 0.25) is 0 Å². The minimum Gasteiger partial charge on any atom is -0.480 e. The highest BCUT2D eigenvalue weighted by Gasteiger charge is 2.29. The maximum atomic E-state index is 13.3. The molecular weight excluding hydrogens is 588 g/mol. The van der Waals surface area contributed by atoms with E-state index in [1.807, 2.05) is 12.1 Å². The standard InChI is InChI=1S/C35H32N4O7/c1-19-27(36-20(2)30(19)33(42)39-29(35(45)46)16-22-11-7-4-8-12-22)18-25-24-17-23(13-14-26(24)37-32(25)41)31(40)38-28(34(43)44)15-21-9-5-3-6-10-21/h3-14,17-18,28-29,36H,15-16H2,1-2H3,(H,37,41)(H,38,40)(H,39,42)(H,43,44)(H,45,46)/b25-18-/t28-,29-/m1/s1. The van der Waals surface area contributed by atoms with E-state index < -0.39 is 41.7 Å². The van der Waals surface area contributed by atoms with Gasteiger partial charge in [0.05, 0.1) is 11.1 Å². The summed E-state index contributed by atoms with van der Waals surface area (Å²) in [4.78, 5) is 66.4. The number of aromatic amines is 1. The molecule has 0 saturated heterocycles. The highest BCUT2D eigenvalue weighted by Crippen LogP contribution is 2.35. The van der Waals surface area contributed by atoms with E-state index in [0.29, 0.717) is 28.2 Å². The molecule has 2 heterocycles. The molecule has 0 spiro atoms. The lowest BCUT2D eigenvalue weighted by atomic mass is 10.0. The predicted molar refractivity (Wildman–Crippen MR) is 171 cm³/mol. The minimum absolute atomic E-state index is 0.0961. The summed E-state index contributed by atoms with van der Waals surface area (Å²) in [5, 5.41) is 27.4. The average Bonchev–Trinajstić information content (AvgIpc) is 3.50. The monoisotopic (exact) mass is 620 g/mol. The third-order valence-electron chi connectivity index (χ3n) is 7.83. The zero-order chi connectivity index (χ0) is 33.0. The number of hydrogen-bond donors (Lipinski definition) is 6. The largest absolute Gasteiger partial charge is 0.480 e. The number of carbonyl (C=O) groups is 5. The molecule has 0 radical (unpaired) electrons. The molecule has 2 atom stereocenters. The van der Waals surface area contributed by atoms with Gasteiger partial charge in [0.25, 0.3) is 17.7 Å². The van der Waals surface area contributed by atoms with Crippen molar-refractivity contribution in [1.29, 1.82) is 0 Å². The molecule has 3 amide bonds. The van der Waals surface area contributed by atoms with Crippen LogP contribution >= 0.6 is 0 Å². The number of aromatic nitrogens is 1. The van der Waals surface area contributed by atoms with Crippen molar-refractivity contribution >= 4 is 47.0 Å². The number of aryl methyl sites for hydroxylation is 1. The van der Waals surface area contributed by atoms with Crippen LogP contribution in [0.4, 0.5) is 5.69 Å². The van der Waals surface area contributed by atoms with E-state index in [-0.39, 0.29) is 29.5 Å². The second-order valence-corrected chi connectivity index (χ2v) is 11.0. The Hall–Kier alpha value is -5.97. The molecule has 4 aromatic rings. The van der Waals surface area contributed by atoms with Crippen molar-refractivity contribution in [1.82, 2.24) is 15.6 Å². The number of carboxylic acid groups (broad SMARTS) is 2. The summed E-state index contributed by atoms with van der Waals surface area (Å²) in [7, 11) is 0. The van der Waals surface area contributed by atoms with Crippen molar-refractivity contribution in [3.63, 3.8) is 0 Å². The molecule has 3 aromatic carbocycles. The number of rotatable bonds is 11. The number of H-pyrrole nitrogens is 1. The van der Waals surface area contributed by atoms with Gasteiger partial charge in [-0.15, -0.1) is 0 Å². The van der Waals surface area contributed by atoms with Gasteiger partial charge >= 0.3 is 11.9 Å². The Morgan fingerprint density at radius 1 is 0.783 bits per heavy atom. The first-order valence-electron chi connectivity index (χ1n) is 14.5. The number of nitrogens with one attached hydrogen (secondary N) is 4. The number of benzene rings is 3. The second kappa shape index (κ2) is 13.3. The van der Waals surface area contributed by atoms with E-state index in [0.717, 1.165) is 11.1 Å². The van der Waals surface area contributed by atoms with Gasteiger partial charge in [0, 0.05) is 41.0 Å². The molecule has 1 aromatic heterocycles. The third-order valence-corrected chi connectivity index (χ3v) is 7.83. The molecule has 1 aliphatic heterocycles. The normalized spacial score (nSPS) is 14.2. The summed E-state index contributed by atoms with van der Waals surface area (Å²) in [6.45, 7) is 3.37. The lowest BCUT2D eigenvalue weighted by Crippen LogP contribution is -2.42. The van der Waals surface area contributed by atoms with Crippen LogP contribution in [0.15, 0.2) is 78.9 Å². The zero-order valence-corrected chi connectivity index (χ0v) is 25.1. The molecule has 0 saturated carbocycles. The van der Waals surface area contributed by atoms with E-state index in [1.54, 1.807) is 74.5 Å². The molecule has 6 N–H and O–H groups in total. The summed E-state index contributed by atoms with van der Waals surface area (Å²) >= 11 is 0. The summed E-state index contributed by atoms with van der Waals surface area (Å²) < 4.78 is 0.